The van der Waals surface area contributed by atoms with E-state index in [1.165, 1.54) is 21.5 Å². The summed E-state index contributed by atoms with van der Waals surface area (Å²) in [7, 11) is 1.59. The van der Waals surface area contributed by atoms with Crippen molar-refractivity contribution in [1.82, 2.24) is 29.4 Å². The lowest BCUT2D eigenvalue weighted by atomic mass is 10.0. The zero-order valence-electron chi connectivity index (χ0n) is 19.8. The zero-order chi connectivity index (χ0) is 25.7. The molecule has 1 aliphatic rings. The van der Waals surface area contributed by atoms with Crippen molar-refractivity contribution in [2.24, 2.45) is 7.05 Å². The van der Waals surface area contributed by atoms with Gasteiger partial charge in [0.05, 0.1) is 34.0 Å². The summed E-state index contributed by atoms with van der Waals surface area (Å²) in [6.45, 7) is 2.16. The molecule has 5 aromatic rings. The molecule has 1 fully saturated rings. The Hall–Kier alpha value is -4.25. The van der Waals surface area contributed by atoms with Crippen LogP contribution in [0.25, 0.3) is 38.8 Å². The van der Waals surface area contributed by atoms with Crippen LogP contribution in [0.1, 0.15) is 5.56 Å². The van der Waals surface area contributed by atoms with E-state index in [0.717, 1.165) is 17.2 Å². The van der Waals surface area contributed by atoms with E-state index in [1.807, 2.05) is 18.2 Å². The van der Waals surface area contributed by atoms with Gasteiger partial charge in [-0.05, 0) is 35.9 Å². The molecule has 6 rings (SSSR count). The molecule has 0 amide bonds. The van der Waals surface area contributed by atoms with E-state index in [9.17, 15) is 18.0 Å². The monoisotopic (exact) mass is 505 g/mol. The van der Waals surface area contributed by atoms with Crippen LogP contribution in [0.15, 0.2) is 66.1 Å². The first-order valence-corrected chi connectivity index (χ1v) is 11.8. The average Bonchev–Trinajstić information content (AvgIpc) is 3.18. The third-order valence-electron chi connectivity index (χ3n) is 6.78. The highest BCUT2D eigenvalue weighted by Gasteiger charge is 2.36. The summed E-state index contributed by atoms with van der Waals surface area (Å²) in [6.07, 6.45) is 1.76. The van der Waals surface area contributed by atoms with Crippen molar-refractivity contribution in [3.63, 3.8) is 0 Å². The van der Waals surface area contributed by atoms with Crippen molar-refractivity contribution in [2.45, 2.75) is 6.18 Å². The number of imidazole rings is 1. The lowest BCUT2D eigenvalue weighted by molar-refractivity contribution is -0.137. The quantitative estimate of drug-likeness (QED) is 0.402. The second kappa shape index (κ2) is 8.70. The minimum atomic E-state index is -4.59. The summed E-state index contributed by atoms with van der Waals surface area (Å²) in [5, 5.41) is 3.79. The minimum absolute atomic E-state index is 0.115. The number of fused-ring (bicyclic) bond motifs is 3. The standard InChI is InChI=1S/C26H22F3N7O/c1-34-23-14-33-21-4-2-16(17-12-31-15-32-13-17)10-19(21)24(23)36(25(34)37)18-3-5-22(20(11-18)26(27,28)29)35-8-6-30-7-9-35/h2-5,10-15,30H,6-9H2,1H3. The van der Waals surface area contributed by atoms with Gasteiger partial charge in [0.1, 0.15) is 6.33 Å². The van der Waals surface area contributed by atoms with Gasteiger partial charge in [-0.15, -0.1) is 0 Å². The molecule has 188 valence electrons. The smallest absolute Gasteiger partial charge is 0.368 e. The van der Waals surface area contributed by atoms with Crippen LogP contribution in [0.3, 0.4) is 0 Å². The number of piperazine rings is 1. The Kier molecular flexibility index (Phi) is 5.45. The number of hydrogen-bond donors (Lipinski definition) is 1. The molecule has 0 radical (unpaired) electrons. The molecule has 8 nitrogen and oxygen atoms in total. The normalized spacial score (nSPS) is 14.5. The van der Waals surface area contributed by atoms with Crippen LogP contribution in [0.4, 0.5) is 18.9 Å². The third kappa shape index (κ3) is 3.91. The van der Waals surface area contributed by atoms with Crippen molar-refractivity contribution in [3.8, 4) is 16.8 Å². The topological polar surface area (TPSA) is 80.9 Å². The maximum absolute atomic E-state index is 14.3. The molecule has 3 aromatic heterocycles. The predicted octanol–water partition coefficient (Wildman–Crippen LogP) is 3.76. The second-order valence-electron chi connectivity index (χ2n) is 8.96. The van der Waals surface area contributed by atoms with Crippen LogP contribution in [0.5, 0.6) is 0 Å². The van der Waals surface area contributed by atoms with E-state index in [-0.39, 0.29) is 11.4 Å². The first-order chi connectivity index (χ1) is 17.8. The summed E-state index contributed by atoms with van der Waals surface area (Å²) >= 11 is 0. The number of halogens is 3. The molecule has 1 N–H and O–H groups in total. The fourth-order valence-electron chi connectivity index (χ4n) is 4.94. The minimum Gasteiger partial charge on any atom is -0.368 e. The molecule has 11 heteroatoms. The molecule has 0 bridgehead atoms. The highest BCUT2D eigenvalue weighted by molar-refractivity contribution is 6.04. The summed E-state index contributed by atoms with van der Waals surface area (Å²) in [5.74, 6) is 0. The largest absolute Gasteiger partial charge is 0.418 e. The number of anilines is 1. The summed E-state index contributed by atoms with van der Waals surface area (Å²) in [5.41, 5.74) is 2.21. The van der Waals surface area contributed by atoms with Crippen molar-refractivity contribution in [1.29, 1.82) is 0 Å². The van der Waals surface area contributed by atoms with Gasteiger partial charge in [-0.2, -0.15) is 13.2 Å². The molecule has 0 aliphatic carbocycles. The molecule has 0 spiro atoms. The highest BCUT2D eigenvalue weighted by Crippen LogP contribution is 2.39. The number of aromatic nitrogens is 5. The summed E-state index contributed by atoms with van der Waals surface area (Å²) in [6, 6.07) is 9.65. The fraction of sp³-hybridized carbons (Fsp3) is 0.231. The van der Waals surface area contributed by atoms with Crippen molar-refractivity contribution >= 4 is 27.6 Å². The van der Waals surface area contributed by atoms with E-state index in [2.05, 4.69) is 20.3 Å². The van der Waals surface area contributed by atoms with Crippen LogP contribution >= 0.6 is 0 Å². The van der Waals surface area contributed by atoms with Crippen LogP contribution in [0, 0.1) is 0 Å². The van der Waals surface area contributed by atoms with Crippen molar-refractivity contribution in [3.05, 3.63) is 77.4 Å². The van der Waals surface area contributed by atoms with Gasteiger partial charge in [-0.25, -0.2) is 14.8 Å². The van der Waals surface area contributed by atoms with Gasteiger partial charge in [-0.3, -0.25) is 14.1 Å². The first kappa shape index (κ1) is 23.2. The van der Waals surface area contributed by atoms with Crippen molar-refractivity contribution < 1.29 is 13.2 Å². The third-order valence-corrected chi connectivity index (χ3v) is 6.78. The van der Waals surface area contributed by atoms with Gasteiger partial charge >= 0.3 is 11.9 Å². The number of nitrogens with one attached hydrogen (secondary N) is 1. The predicted molar refractivity (Wildman–Crippen MR) is 135 cm³/mol. The van der Waals surface area contributed by atoms with Gasteiger partial charge in [0.15, 0.2) is 0 Å². The molecule has 4 heterocycles. The second-order valence-corrected chi connectivity index (χ2v) is 8.96. The van der Waals surface area contributed by atoms with Gasteiger partial charge in [-0.1, -0.05) is 6.07 Å². The molecule has 0 unspecified atom stereocenters. The number of benzene rings is 2. The molecule has 0 saturated carbocycles. The van der Waals surface area contributed by atoms with Gasteiger partial charge < -0.3 is 10.2 Å². The molecular formula is C26H22F3N7O. The maximum atomic E-state index is 14.3. The molecular weight excluding hydrogens is 483 g/mol. The summed E-state index contributed by atoms with van der Waals surface area (Å²) in [4.78, 5) is 27.8. The number of alkyl halides is 3. The maximum Gasteiger partial charge on any atom is 0.418 e. The molecule has 1 aliphatic heterocycles. The Morgan fingerprint density at radius 3 is 2.43 bits per heavy atom. The highest BCUT2D eigenvalue weighted by atomic mass is 19.4. The van der Waals surface area contributed by atoms with Gasteiger partial charge in [0.25, 0.3) is 0 Å². The van der Waals surface area contributed by atoms with Crippen molar-refractivity contribution in [2.75, 3.05) is 31.1 Å². The van der Waals surface area contributed by atoms with E-state index in [4.69, 9.17) is 0 Å². The van der Waals surface area contributed by atoms with Gasteiger partial charge in [0.2, 0.25) is 0 Å². The number of aryl methyl sites for hydroxylation is 1. The van der Waals surface area contributed by atoms with Crippen LogP contribution in [-0.4, -0.2) is 50.3 Å². The van der Waals surface area contributed by atoms with Crippen LogP contribution in [0.2, 0.25) is 0 Å². The Morgan fingerprint density at radius 1 is 0.946 bits per heavy atom. The number of hydrogen-bond acceptors (Lipinski definition) is 6. The molecule has 0 atom stereocenters. The summed E-state index contributed by atoms with van der Waals surface area (Å²) < 4.78 is 45.5. The molecule has 2 aromatic carbocycles. The Bertz CT molecular complexity index is 1690. The lowest BCUT2D eigenvalue weighted by Gasteiger charge is -2.31. The Morgan fingerprint density at radius 2 is 1.70 bits per heavy atom. The van der Waals surface area contributed by atoms with E-state index in [1.54, 1.807) is 36.6 Å². The van der Waals surface area contributed by atoms with Crippen LogP contribution in [-0.2, 0) is 13.2 Å². The van der Waals surface area contributed by atoms with E-state index < -0.39 is 17.4 Å². The molecule has 1 saturated heterocycles. The number of rotatable bonds is 3. The average molecular weight is 506 g/mol. The SMILES string of the molecule is Cn1c(=O)n(-c2ccc(N3CCNCC3)c(C(F)(F)F)c2)c2c3cc(-c4cncnc4)ccc3ncc21. The first-order valence-electron chi connectivity index (χ1n) is 11.8. The Labute approximate surface area is 209 Å². The van der Waals surface area contributed by atoms with Gasteiger partial charge in [0, 0.05) is 62.3 Å². The van der Waals surface area contributed by atoms with E-state index >= 15 is 0 Å². The lowest BCUT2D eigenvalue weighted by Crippen LogP contribution is -2.44. The van der Waals surface area contributed by atoms with Crippen LogP contribution < -0.4 is 15.9 Å². The fourth-order valence-corrected chi connectivity index (χ4v) is 4.94. The molecule has 37 heavy (non-hydrogen) atoms. The zero-order valence-corrected chi connectivity index (χ0v) is 19.8. The Balaban J connectivity index is 1.61. The number of nitrogens with zero attached hydrogens (tertiary/aromatic N) is 6. The number of pyridine rings is 1. The van der Waals surface area contributed by atoms with E-state index in [0.29, 0.717) is 48.1 Å².